The molecule has 0 amide bonds. The fourth-order valence-electron chi connectivity index (χ4n) is 2.33. The summed E-state index contributed by atoms with van der Waals surface area (Å²) in [4.78, 5) is 13.0. The van der Waals surface area contributed by atoms with Crippen molar-refractivity contribution in [3.05, 3.63) is 22.4 Å². The zero-order valence-electron chi connectivity index (χ0n) is 9.26. The molecule has 1 aromatic rings. The van der Waals surface area contributed by atoms with Crippen LogP contribution >= 0.6 is 11.3 Å². The van der Waals surface area contributed by atoms with Gasteiger partial charge in [0.1, 0.15) is 0 Å². The largest absolute Gasteiger partial charge is 0.481 e. The zero-order chi connectivity index (χ0) is 11.4. The van der Waals surface area contributed by atoms with Crippen LogP contribution in [0.2, 0.25) is 0 Å². The third kappa shape index (κ3) is 3.06. The zero-order valence-corrected chi connectivity index (χ0v) is 10.1. The van der Waals surface area contributed by atoms with Crippen molar-refractivity contribution in [3.8, 4) is 0 Å². The number of hydrogen-bond donors (Lipinski definition) is 1. The van der Waals surface area contributed by atoms with Gasteiger partial charge in [-0.15, -0.1) is 0 Å². The molecule has 0 radical (unpaired) electrons. The molecule has 0 spiro atoms. The van der Waals surface area contributed by atoms with Crippen LogP contribution in [0.1, 0.15) is 24.8 Å². The van der Waals surface area contributed by atoms with Crippen LogP contribution in [0.15, 0.2) is 16.8 Å². The fraction of sp³-hybridized carbons (Fsp3) is 0.583. The molecule has 1 aliphatic heterocycles. The summed E-state index contributed by atoms with van der Waals surface area (Å²) < 4.78 is 0. The first-order valence-electron chi connectivity index (χ1n) is 5.72. The monoisotopic (exact) mass is 239 g/mol. The van der Waals surface area contributed by atoms with Crippen molar-refractivity contribution in [2.75, 3.05) is 13.1 Å². The van der Waals surface area contributed by atoms with Crippen LogP contribution in [0.3, 0.4) is 0 Å². The SMILES string of the molecule is O=C(O)CC1CCCN1CCc1ccsc1. The molecule has 4 heteroatoms. The number of rotatable bonds is 5. The maximum atomic E-state index is 10.7. The average Bonchev–Trinajstić information content (AvgIpc) is 2.84. The van der Waals surface area contributed by atoms with Crippen molar-refractivity contribution in [1.29, 1.82) is 0 Å². The van der Waals surface area contributed by atoms with Crippen molar-refractivity contribution in [2.45, 2.75) is 31.7 Å². The molecule has 1 aromatic heterocycles. The van der Waals surface area contributed by atoms with Crippen LogP contribution in [0.25, 0.3) is 0 Å². The lowest BCUT2D eigenvalue weighted by Gasteiger charge is -2.22. The third-order valence-electron chi connectivity index (χ3n) is 3.18. The van der Waals surface area contributed by atoms with Gasteiger partial charge in [0.2, 0.25) is 0 Å². The van der Waals surface area contributed by atoms with E-state index in [0.717, 1.165) is 32.4 Å². The Labute approximate surface area is 99.7 Å². The van der Waals surface area contributed by atoms with Gasteiger partial charge in [-0.2, -0.15) is 11.3 Å². The molecule has 3 nitrogen and oxygen atoms in total. The van der Waals surface area contributed by atoms with Gasteiger partial charge in [0.05, 0.1) is 6.42 Å². The molecule has 1 N–H and O–H groups in total. The van der Waals surface area contributed by atoms with Gasteiger partial charge in [-0.05, 0) is 48.2 Å². The Kier molecular flexibility index (Phi) is 3.96. The van der Waals surface area contributed by atoms with E-state index in [1.165, 1.54) is 5.56 Å². The second kappa shape index (κ2) is 5.46. The number of thiophene rings is 1. The van der Waals surface area contributed by atoms with Crippen molar-refractivity contribution in [1.82, 2.24) is 4.90 Å². The van der Waals surface area contributed by atoms with E-state index in [2.05, 4.69) is 21.7 Å². The number of hydrogen-bond acceptors (Lipinski definition) is 3. The normalized spacial score (nSPS) is 21.4. The van der Waals surface area contributed by atoms with Gasteiger partial charge in [-0.25, -0.2) is 0 Å². The summed E-state index contributed by atoms with van der Waals surface area (Å²) in [6.45, 7) is 2.05. The molecule has 1 atom stereocenters. The number of carboxylic acid groups (broad SMARTS) is 1. The van der Waals surface area contributed by atoms with Crippen LogP contribution in [0, 0.1) is 0 Å². The lowest BCUT2D eigenvalue weighted by atomic mass is 10.1. The maximum absolute atomic E-state index is 10.7. The number of carboxylic acids is 1. The molecule has 0 aliphatic carbocycles. The minimum Gasteiger partial charge on any atom is -0.481 e. The molecule has 1 unspecified atom stereocenters. The summed E-state index contributed by atoms with van der Waals surface area (Å²) in [6, 6.07) is 2.41. The summed E-state index contributed by atoms with van der Waals surface area (Å²) in [6.07, 6.45) is 3.51. The second-order valence-corrected chi connectivity index (χ2v) is 5.09. The van der Waals surface area contributed by atoms with Crippen LogP contribution in [-0.2, 0) is 11.2 Å². The predicted octanol–water partition coefficient (Wildman–Crippen LogP) is 2.23. The van der Waals surface area contributed by atoms with Gasteiger partial charge in [0.25, 0.3) is 0 Å². The molecular formula is C12H17NO2S. The molecule has 2 rings (SSSR count). The molecule has 2 heterocycles. The Morgan fingerprint density at radius 1 is 1.62 bits per heavy atom. The molecule has 0 aromatic carbocycles. The first kappa shape index (κ1) is 11.6. The van der Waals surface area contributed by atoms with Crippen molar-refractivity contribution >= 4 is 17.3 Å². The Balaban J connectivity index is 1.81. The first-order valence-corrected chi connectivity index (χ1v) is 6.67. The van der Waals surface area contributed by atoms with Crippen LogP contribution in [-0.4, -0.2) is 35.1 Å². The Hall–Kier alpha value is -0.870. The van der Waals surface area contributed by atoms with Gasteiger partial charge < -0.3 is 5.11 Å². The van der Waals surface area contributed by atoms with E-state index in [0.29, 0.717) is 6.42 Å². The van der Waals surface area contributed by atoms with E-state index in [1.54, 1.807) is 11.3 Å². The first-order chi connectivity index (χ1) is 7.75. The highest BCUT2D eigenvalue weighted by Crippen LogP contribution is 2.20. The highest BCUT2D eigenvalue weighted by Gasteiger charge is 2.25. The molecule has 0 saturated carbocycles. The van der Waals surface area contributed by atoms with Crippen LogP contribution in [0.5, 0.6) is 0 Å². The summed E-state index contributed by atoms with van der Waals surface area (Å²) in [5.41, 5.74) is 1.37. The van der Waals surface area contributed by atoms with E-state index < -0.39 is 5.97 Å². The van der Waals surface area contributed by atoms with Crippen LogP contribution < -0.4 is 0 Å². The molecule has 16 heavy (non-hydrogen) atoms. The summed E-state index contributed by atoms with van der Waals surface area (Å²) in [5.74, 6) is -0.674. The maximum Gasteiger partial charge on any atom is 0.304 e. The minimum absolute atomic E-state index is 0.260. The van der Waals surface area contributed by atoms with Gasteiger partial charge in [0, 0.05) is 12.6 Å². The molecule has 1 saturated heterocycles. The topological polar surface area (TPSA) is 40.5 Å². The van der Waals surface area contributed by atoms with E-state index >= 15 is 0 Å². The summed E-state index contributed by atoms with van der Waals surface area (Å²) in [5, 5.41) is 13.1. The lowest BCUT2D eigenvalue weighted by Crippen LogP contribution is -2.33. The molecule has 88 valence electrons. The third-order valence-corrected chi connectivity index (χ3v) is 3.91. The summed E-state index contributed by atoms with van der Waals surface area (Å²) >= 11 is 1.72. The lowest BCUT2D eigenvalue weighted by molar-refractivity contribution is -0.138. The Morgan fingerprint density at radius 2 is 2.50 bits per heavy atom. The molecule has 0 bridgehead atoms. The number of likely N-dealkylation sites (tertiary alicyclic amines) is 1. The predicted molar refractivity (Wildman–Crippen MR) is 64.9 cm³/mol. The van der Waals surface area contributed by atoms with Crippen molar-refractivity contribution < 1.29 is 9.90 Å². The average molecular weight is 239 g/mol. The van der Waals surface area contributed by atoms with Gasteiger partial charge in [-0.1, -0.05) is 0 Å². The highest BCUT2D eigenvalue weighted by atomic mass is 32.1. The summed E-state index contributed by atoms with van der Waals surface area (Å²) in [7, 11) is 0. The van der Waals surface area contributed by atoms with E-state index in [1.807, 2.05) is 0 Å². The van der Waals surface area contributed by atoms with Crippen LogP contribution in [0.4, 0.5) is 0 Å². The van der Waals surface area contributed by atoms with Crippen molar-refractivity contribution in [2.24, 2.45) is 0 Å². The highest BCUT2D eigenvalue weighted by molar-refractivity contribution is 7.07. The molecule has 1 fully saturated rings. The van der Waals surface area contributed by atoms with E-state index in [4.69, 9.17) is 5.11 Å². The number of carbonyl (C=O) groups is 1. The van der Waals surface area contributed by atoms with Gasteiger partial charge in [0.15, 0.2) is 0 Å². The Bertz CT molecular complexity index is 337. The standard InChI is InChI=1S/C12H17NO2S/c14-12(15)8-11-2-1-5-13(11)6-3-10-4-7-16-9-10/h4,7,9,11H,1-3,5-6,8H2,(H,14,15). The fourth-order valence-corrected chi connectivity index (χ4v) is 3.03. The smallest absolute Gasteiger partial charge is 0.304 e. The van der Waals surface area contributed by atoms with E-state index in [9.17, 15) is 4.79 Å². The number of nitrogens with zero attached hydrogens (tertiary/aromatic N) is 1. The van der Waals surface area contributed by atoms with Gasteiger partial charge in [-0.3, -0.25) is 9.69 Å². The molecule has 1 aliphatic rings. The van der Waals surface area contributed by atoms with Gasteiger partial charge >= 0.3 is 5.97 Å². The van der Waals surface area contributed by atoms with Crippen molar-refractivity contribution in [3.63, 3.8) is 0 Å². The quantitative estimate of drug-likeness (QED) is 0.856. The molecular weight excluding hydrogens is 222 g/mol. The Morgan fingerprint density at radius 3 is 3.19 bits per heavy atom. The number of aliphatic carboxylic acids is 1. The second-order valence-electron chi connectivity index (χ2n) is 4.31. The van der Waals surface area contributed by atoms with E-state index in [-0.39, 0.29) is 6.04 Å². The minimum atomic E-state index is -0.674.